The molecular weight excluding hydrogens is 234 g/mol. The van der Waals surface area contributed by atoms with E-state index in [2.05, 4.69) is 4.98 Å². The van der Waals surface area contributed by atoms with Crippen molar-refractivity contribution < 1.29 is 8.42 Å². The zero-order valence-electron chi connectivity index (χ0n) is 10.2. The number of hydrogen-bond donors (Lipinski definition) is 0. The normalized spacial score (nSPS) is 18.2. The summed E-state index contributed by atoms with van der Waals surface area (Å²) in [5, 5.41) is -0.189. The number of pyridine rings is 1. The van der Waals surface area contributed by atoms with Gasteiger partial charge in [-0.15, -0.1) is 0 Å². The predicted molar refractivity (Wildman–Crippen MR) is 67.7 cm³/mol. The summed E-state index contributed by atoms with van der Waals surface area (Å²) in [4.78, 5) is 4.57. The lowest BCUT2D eigenvalue weighted by Crippen LogP contribution is -2.24. The molecule has 0 unspecified atom stereocenters. The minimum absolute atomic E-state index is 0.189. The van der Waals surface area contributed by atoms with Gasteiger partial charge in [0.1, 0.15) is 0 Å². The van der Waals surface area contributed by atoms with Crippen LogP contribution in [0, 0.1) is 0 Å². The van der Waals surface area contributed by atoms with E-state index >= 15 is 0 Å². The number of aryl methyl sites for hydroxylation is 1. The van der Waals surface area contributed by atoms with E-state index in [-0.39, 0.29) is 5.25 Å². The SMILES string of the molecule is CCc1ccc(S(=O)(=O)C2CCCCC2)cn1. The second kappa shape index (κ2) is 5.17. The highest BCUT2D eigenvalue weighted by Crippen LogP contribution is 2.28. The number of hydrogen-bond acceptors (Lipinski definition) is 3. The highest BCUT2D eigenvalue weighted by Gasteiger charge is 2.28. The molecule has 0 N–H and O–H groups in total. The van der Waals surface area contributed by atoms with Crippen molar-refractivity contribution in [3.05, 3.63) is 24.0 Å². The van der Waals surface area contributed by atoms with E-state index in [1.54, 1.807) is 6.07 Å². The third-order valence-electron chi connectivity index (χ3n) is 3.48. The molecule has 1 saturated carbocycles. The lowest BCUT2D eigenvalue weighted by Gasteiger charge is -2.21. The van der Waals surface area contributed by atoms with Gasteiger partial charge in [0.2, 0.25) is 0 Å². The molecule has 4 heteroatoms. The van der Waals surface area contributed by atoms with Crippen LogP contribution in [0.4, 0.5) is 0 Å². The van der Waals surface area contributed by atoms with Gasteiger partial charge in [-0.1, -0.05) is 26.2 Å². The first-order chi connectivity index (χ1) is 8.14. The fraction of sp³-hybridized carbons (Fsp3) is 0.615. The summed E-state index contributed by atoms with van der Waals surface area (Å²) in [5.41, 5.74) is 0.938. The lowest BCUT2D eigenvalue weighted by atomic mass is 10.0. The first kappa shape index (κ1) is 12.6. The Morgan fingerprint density at radius 3 is 2.47 bits per heavy atom. The molecule has 0 amide bonds. The highest BCUT2D eigenvalue weighted by atomic mass is 32.2. The maximum Gasteiger partial charge on any atom is 0.182 e. The van der Waals surface area contributed by atoms with Gasteiger partial charge < -0.3 is 0 Å². The zero-order chi connectivity index (χ0) is 12.3. The van der Waals surface area contributed by atoms with Crippen molar-refractivity contribution in [3.8, 4) is 0 Å². The Morgan fingerprint density at radius 2 is 1.94 bits per heavy atom. The van der Waals surface area contributed by atoms with E-state index in [4.69, 9.17) is 0 Å². The first-order valence-electron chi connectivity index (χ1n) is 6.33. The number of nitrogens with zero attached hydrogens (tertiary/aromatic N) is 1. The molecule has 17 heavy (non-hydrogen) atoms. The first-order valence-corrected chi connectivity index (χ1v) is 7.88. The van der Waals surface area contributed by atoms with E-state index in [9.17, 15) is 8.42 Å². The van der Waals surface area contributed by atoms with Crippen LogP contribution in [0.25, 0.3) is 0 Å². The summed E-state index contributed by atoms with van der Waals surface area (Å²) >= 11 is 0. The molecule has 0 bridgehead atoms. The molecule has 1 aliphatic carbocycles. The molecule has 0 spiro atoms. The average Bonchev–Trinajstić information content (AvgIpc) is 2.40. The van der Waals surface area contributed by atoms with Crippen LogP contribution in [0.15, 0.2) is 23.2 Å². The molecule has 1 fully saturated rings. The molecular formula is C13H19NO2S. The Labute approximate surface area is 103 Å². The van der Waals surface area contributed by atoms with Gasteiger partial charge in [0, 0.05) is 11.9 Å². The van der Waals surface area contributed by atoms with Crippen LogP contribution in [-0.4, -0.2) is 18.7 Å². The Morgan fingerprint density at radius 1 is 1.24 bits per heavy atom. The van der Waals surface area contributed by atoms with Crippen molar-refractivity contribution in [2.75, 3.05) is 0 Å². The molecule has 0 saturated heterocycles. The van der Waals surface area contributed by atoms with Gasteiger partial charge in [0.05, 0.1) is 10.1 Å². The minimum Gasteiger partial charge on any atom is -0.260 e. The van der Waals surface area contributed by atoms with Crippen LogP contribution in [0.5, 0.6) is 0 Å². The van der Waals surface area contributed by atoms with Gasteiger partial charge in [0.25, 0.3) is 0 Å². The summed E-state index contributed by atoms with van der Waals surface area (Å²) in [7, 11) is -3.15. The van der Waals surface area contributed by atoms with Gasteiger partial charge in [-0.05, 0) is 31.4 Å². The molecule has 1 aromatic rings. The summed E-state index contributed by atoms with van der Waals surface area (Å²) in [5.74, 6) is 0. The van der Waals surface area contributed by atoms with E-state index in [1.807, 2.05) is 13.0 Å². The Hall–Kier alpha value is -0.900. The van der Waals surface area contributed by atoms with Crippen LogP contribution >= 0.6 is 0 Å². The Balaban J connectivity index is 2.23. The van der Waals surface area contributed by atoms with Crippen LogP contribution in [0.3, 0.4) is 0 Å². The topological polar surface area (TPSA) is 47.0 Å². The average molecular weight is 253 g/mol. The number of sulfone groups is 1. The van der Waals surface area contributed by atoms with Gasteiger partial charge in [-0.2, -0.15) is 0 Å². The van der Waals surface area contributed by atoms with Crippen molar-refractivity contribution in [3.63, 3.8) is 0 Å². The molecule has 0 radical (unpaired) electrons. The number of aromatic nitrogens is 1. The predicted octanol–water partition coefficient (Wildman–Crippen LogP) is 2.75. The molecule has 2 rings (SSSR count). The van der Waals surface area contributed by atoms with E-state index in [0.717, 1.165) is 37.8 Å². The third-order valence-corrected chi connectivity index (χ3v) is 5.73. The van der Waals surface area contributed by atoms with E-state index in [0.29, 0.717) is 4.90 Å². The molecule has 1 aromatic heterocycles. The number of rotatable bonds is 3. The van der Waals surface area contributed by atoms with Crippen LogP contribution in [0.1, 0.15) is 44.7 Å². The van der Waals surface area contributed by atoms with Crippen molar-refractivity contribution in [1.29, 1.82) is 0 Å². The van der Waals surface area contributed by atoms with Gasteiger partial charge in [-0.3, -0.25) is 4.98 Å². The zero-order valence-corrected chi connectivity index (χ0v) is 11.0. The maximum atomic E-state index is 12.3. The van der Waals surface area contributed by atoms with Crippen molar-refractivity contribution >= 4 is 9.84 Å². The quantitative estimate of drug-likeness (QED) is 0.832. The summed E-state index contributed by atoms with van der Waals surface area (Å²) in [6.45, 7) is 2.01. The molecule has 0 aromatic carbocycles. The van der Waals surface area contributed by atoms with Gasteiger partial charge in [-0.25, -0.2) is 8.42 Å². The van der Waals surface area contributed by atoms with Gasteiger partial charge in [0.15, 0.2) is 9.84 Å². The summed E-state index contributed by atoms with van der Waals surface area (Å²) < 4.78 is 24.7. The standard InChI is InChI=1S/C13H19NO2S/c1-2-11-8-9-13(10-14-11)17(15,16)12-6-4-3-5-7-12/h8-10,12H,2-7H2,1H3. The fourth-order valence-electron chi connectivity index (χ4n) is 2.36. The molecule has 3 nitrogen and oxygen atoms in total. The Bertz CT molecular complexity index is 459. The van der Waals surface area contributed by atoms with E-state index in [1.165, 1.54) is 12.6 Å². The second-order valence-electron chi connectivity index (χ2n) is 4.64. The maximum absolute atomic E-state index is 12.3. The highest BCUT2D eigenvalue weighted by molar-refractivity contribution is 7.92. The van der Waals surface area contributed by atoms with Crippen molar-refractivity contribution in [2.24, 2.45) is 0 Å². The van der Waals surface area contributed by atoms with Crippen LogP contribution in [-0.2, 0) is 16.3 Å². The lowest BCUT2D eigenvalue weighted by molar-refractivity contribution is 0.483. The smallest absolute Gasteiger partial charge is 0.182 e. The summed E-state index contributed by atoms with van der Waals surface area (Å²) in [6.07, 6.45) is 7.19. The third kappa shape index (κ3) is 2.68. The second-order valence-corrected chi connectivity index (χ2v) is 6.87. The van der Waals surface area contributed by atoms with Gasteiger partial charge >= 0.3 is 0 Å². The van der Waals surface area contributed by atoms with Crippen LogP contribution < -0.4 is 0 Å². The molecule has 0 aliphatic heterocycles. The van der Waals surface area contributed by atoms with E-state index < -0.39 is 9.84 Å². The van der Waals surface area contributed by atoms with Crippen molar-refractivity contribution in [2.45, 2.75) is 55.6 Å². The monoisotopic (exact) mass is 253 g/mol. The largest absolute Gasteiger partial charge is 0.260 e. The minimum atomic E-state index is -3.15. The molecule has 1 heterocycles. The summed E-state index contributed by atoms with van der Waals surface area (Å²) in [6, 6.07) is 3.52. The molecule has 94 valence electrons. The fourth-order valence-corrected chi connectivity index (χ4v) is 4.15. The van der Waals surface area contributed by atoms with Crippen LogP contribution in [0.2, 0.25) is 0 Å². The molecule has 0 atom stereocenters. The van der Waals surface area contributed by atoms with Crippen molar-refractivity contribution in [1.82, 2.24) is 4.98 Å². The Kier molecular flexibility index (Phi) is 3.82. The molecule has 1 aliphatic rings.